The van der Waals surface area contributed by atoms with E-state index in [-0.39, 0.29) is 28.7 Å². The Morgan fingerprint density at radius 2 is 1.89 bits per heavy atom. The van der Waals surface area contributed by atoms with Crippen molar-refractivity contribution in [3.63, 3.8) is 0 Å². The van der Waals surface area contributed by atoms with Crippen LogP contribution in [0.3, 0.4) is 0 Å². The van der Waals surface area contributed by atoms with E-state index in [0.717, 1.165) is 26.2 Å². The van der Waals surface area contributed by atoms with E-state index in [1.165, 1.54) is 12.1 Å². The zero-order chi connectivity index (χ0) is 14.0. The van der Waals surface area contributed by atoms with Crippen molar-refractivity contribution in [2.24, 2.45) is 0 Å². The molecule has 1 heterocycles. The normalized spacial score (nSPS) is 17.6. The minimum atomic E-state index is -0.190. The van der Waals surface area contributed by atoms with E-state index >= 15 is 0 Å². The second-order valence-electron chi connectivity index (χ2n) is 4.79. The van der Waals surface area contributed by atoms with E-state index in [0.29, 0.717) is 5.02 Å². The number of nitrogens with zero attached hydrogens (tertiary/aromatic N) is 2. The first kappa shape index (κ1) is 14.6. The molecule has 0 bridgehead atoms. The molecule has 1 saturated heterocycles. The third kappa shape index (κ3) is 3.60. The summed E-state index contributed by atoms with van der Waals surface area (Å²) in [6, 6.07) is 2.88. The molecular weight excluding hydrogens is 287 g/mol. The molecule has 1 aliphatic heterocycles. The molecule has 1 aliphatic rings. The van der Waals surface area contributed by atoms with Crippen LogP contribution in [0.25, 0.3) is 0 Å². The molecule has 1 aromatic rings. The average molecular weight is 303 g/mol. The van der Waals surface area contributed by atoms with E-state index in [4.69, 9.17) is 23.2 Å². The molecule has 0 unspecified atom stereocenters. The number of phenolic OH excluding ortho intramolecular Hbond substituents is 1. The fourth-order valence-electron chi connectivity index (χ4n) is 2.07. The Kier molecular flexibility index (Phi) is 4.68. The summed E-state index contributed by atoms with van der Waals surface area (Å²) in [6.07, 6.45) is 0. The molecule has 0 saturated carbocycles. The lowest BCUT2D eigenvalue weighted by atomic mass is 10.1. The summed E-state index contributed by atoms with van der Waals surface area (Å²) < 4.78 is 0. The van der Waals surface area contributed by atoms with Gasteiger partial charge in [-0.3, -0.25) is 9.69 Å². The number of halogens is 2. The number of benzene rings is 1. The van der Waals surface area contributed by atoms with Crippen LogP contribution in [0.4, 0.5) is 0 Å². The number of ketones is 1. The van der Waals surface area contributed by atoms with Gasteiger partial charge in [0.1, 0.15) is 5.75 Å². The van der Waals surface area contributed by atoms with Crippen molar-refractivity contribution in [2.45, 2.75) is 0 Å². The van der Waals surface area contributed by atoms with Crippen LogP contribution >= 0.6 is 23.2 Å². The van der Waals surface area contributed by atoms with Gasteiger partial charge in [0.25, 0.3) is 0 Å². The molecule has 2 rings (SSSR count). The maximum atomic E-state index is 12.2. The molecule has 1 N–H and O–H groups in total. The first-order valence-corrected chi connectivity index (χ1v) is 6.85. The fourth-order valence-corrected chi connectivity index (χ4v) is 2.57. The van der Waals surface area contributed by atoms with Gasteiger partial charge in [-0.05, 0) is 19.2 Å². The van der Waals surface area contributed by atoms with E-state index < -0.39 is 0 Å². The molecular formula is C13H16Cl2N2O2. The van der Waals surface area contributed by atoms with Crippen LogP contribution in [-0.2, 0) is 0 Å². The highest BCUT2D eigenvalue weighted by Crippen LogP contribution is 2.31. The number of hydrogen-bond acceptors (Lipinski definition) is 4. The van der Waals surface area contributed by atoms with Crippen LogP contribution in [0.5, 0.6) is 5.75 Å². The molecule has 4 nitrogen and oxygen atoms in total. The summed E-state index contributed by atoms with van der Waals surface area (Å²) >= 11 is 11.7. The largest absolute Gasteiger partial charge is 0.506 e. The Hall–Kier alpha value is -0.810. The first-order chi connectivity index (χ1) is 8.97. The highest BCUT2D eigenvalue weighted by molar-refractivity contribution is 6.36. The lowest BCUT2D eigenvalue weighted by Gasteiger charge is -2.31. The summed E-state index contributed by atoms with van der Waals surface area (Å²) in [5.41, 5.74) is 0.191. The molecule has 0 radical (unpaired) electrons. The van der Waals surface area contributed by atoms with Gasteiger partial charge < -0.3 is 10.0 Å². The molecule has 19 heavy (non-hydrogen) atoms. The summed E-state index contributed by atoms with van der Waals surface area (Å²) in [5, 5.41) is 10.3. The van der Waals surface area contributed by atoms with Crippen LogP contribution < -0.4 is 0 Å². The van der Waals surface area contributed by atoms with Crippen LogP contribution in [-0.4, -0.2) is 60.5 Å². The summed E-state index contributed by atoms with van der Waals surface area (Å²) in [4.78, 5) is 16.5. The molecule has 1 fully saturated rings. The van der Waals surface area contributed by atoms with Gasteiger partial charge in [0.05, 0.1) is 17.1 Å². The minimum Gasteiger partial charge on any atom is -0.506 e. The van der Waals surface area contributed by atoms with Crippen LogP contribution in [0.2, 0.25) is 10.0 Å². The summed E-state index contributed by atoms with van der Waals surface area (Å²) in [7, 11) is 2.06. The van der Waals surface area contributed by atoms with Crippen LogP contribution in [0.1, 0.15) is 10.4 Å². The Bertz CT molecular complexity index is 486. The van der Waals surface area contributed by atoms with E-state index in [1.807, 2.05) is 0 Å². The van der Waals surface area contributed by atoms with Gasteiger partial charge in [-0.1, -0.05) is 23.2 Å². The third-order valence-corrected chi connectivity index (χ3v) is 3.80. The third-order valence-electron chi connectivity index (χ3n) is 3.29. The first-order valence-electron chi connectivity index (χ1n) is 6.09. The Balaban J connectivity index is 2.08. The molecule has 0 aromatic heterocycles. The molecule has 1 aromatic carbocycles. The van der Waals surface area contributed by atoms with E-state index in [9.17, 15) is 9.90 Å². The Labute approximate surface area is 122 Å². The van der Waals surface area contributed by atoms with Crippen molar-refractivity contribution < 1.29 is 9.90 Å². The Morgan fingerprint density at radius 3 is 2.53 bits per heavy atom. The molecule has 104 valence electrons. The van der Waals surface area contributed by atoms with Crippen molar-refractivity contribution in [3.05, 3.63) is 27.7 Å². The number of carbonyl (C=O) groups is 1. The van der Waals surface area contributed by atoms with Crippen molar-refractivity contribution >= 4 is 29.0 Å². The highest BCUT2D eigenvalue weighted by Gasteiger charge is 2.20. The Morgan fingerprint density at radius 1 is 1.26 bits per heavy atom. The van der Waals surface area contributed by atoms with Crippen molar-refractivity contribution in [2.75, 3.05) is 39.8 Å². The van der Waals surface area contributed by atoms with Gasteiger partial charge in [-0.25, -0.2) is 0 Å². The molecule has 0 amide bonds. The molecule has 0 spiro atoms. The number of aromatic hydroxyl groups is 1. The molecule has 6 heteroatoms. The summed E-state index contributed by atoms with van der Waals surface area (Å²) in [6.45, 7) is 3.85. The van der Waals surface area contributed by atoms with Gasteiger partial charge in [0.2, 0.25) is 0 Å². The number of rotatable bonds is 3. The number of hydrogen-bond donors (Lipinski definition) is 1. The predicted octanol–water partition coefficient (Wildman–Crippen LogP) is 2.13. The number of phenols is 1. The minimum absolute atomic E-state index is 0.106. The van der Waals surface area contributed by atoms with Crippen LogP contribution in [0.15, 0.2) is 12.1 Å². The lowest BCUT2D eigenvalue weighted by molar-refractivity contribution is 0.0874. The van der Waals surface area contributed by atoms with Crippen LogP contribution in [0, 0.1) is 0 Å². The zero-order valence-corrected chi connectivity index (χ0v) is 12.2. The lowest BCUT2D eigenvalue weighted by Crippen LogP contribution is -2.46. The smallest absolute Gasteiger partial charge is 0.180 e. The standard InChI is InChI=1S/C13H16Cl2N2O2/c1-16-2-4-17(5-3-16)8-12(18)10-6-9(14)7-11(15)13(10)19/h6-7,19H,2-5,8H2,1H3. The number of Topliss-reactive ketones (excluding diaryl/α,β-unsaturated/α-hetero) is 1. The van der Waals surface area contributed by atoms with Crippen molar-refractivity contribution in [1.82, 2.24) is 9.80 Å². The maximum Gasteiger partial charge on any atom is 0.180 e. The zero-order valence-electron chi connectivity index (χ0n) is 10.7. The topological polar surface area (TPSA) is 43.8 Å². The molecule has 0 aliphatic carbocycles. The number of likely N-dealkylation sites (N-methyl/N-ethyl adjacent to an activating group) is 1. The van der Waals surface area contributed by atoms with Gasteiger partial charge in [-0.15, -0.1) is 0 Å². The fraction of sp³-hybridized carbons (Fsp3) is 0.462. The summed E-state index contributed by atoms with van der Waals surface area (Å²) in [5.74, 6) is -0.350. The van der Waals surface area contributed by atoms with Gasteiger partial charge in [-0.2, -0.15) is 0 Å². The second-order valence-corrected chi connectivity index (χ2v) is 5.63. The maximum absolute atomic E-state index is 12.2. The monoisotopic (exact) mass is 302 g/mol. The van der Waals surface area contributed by atoms with E-state index in [1.54, 1.807) is 0 Å². The van der Waals surface area contributed by atoms with Crippen molar-refractivity contribution in [1.29, 1.82) is 0 Å². The van der Waals surface area contributed by atoms with Crippen molar-refractivity contribution in [3.8, 4) is 5.75 Å². The van der Waals surface area contributed by atoms with Gasteiger partial charge >= 0.3 is 0 Å². The van der Waals surface area contributed by atoms with E-state index in [2.05, 4.69) is 16.8 Å². The molecule has 0 atom stereocenters. The predicted molar refractivity (Wildman–Crippen MR) is 76.4 cm³/mol. The van der Waals surface area contributed by atoms with Gasteiger partial charge in [0, 0.05) is 31.2 Å². The SMILES string of the molecule is CN1CCN(CC(=O)c2cc(Cl)cc(Cl)c2O)CC1. The number of piperazine rings is 1. The highest BCUT2D eigenvalue weighted by atomic mass is 35.5. The average Bonchev–Trinajstić information content (AvgIpc) is 2.36. The number of carbonyl (C=O) groups excluding carboxylic acids is 1. The second kappa shape index (κ2) is 6.09. The quantitative estimate of drug-likeness (QED) is 0.869. The van der Waals surface area contributed by atoms with Gasteiger partial charge in [0.15, 0.2) is 5.78 Å².